The molecule has 2 aliphatic carbocycles. The lowest BCUT2D eigenvalue weighted by Gasteiger charge is -2.14. The molecule has 0 aliphatic heterocycles. The molecule has 2 rings (SSSR count). The van der Waals surface area contributed by atoms with Gasteiger partial charge in [-0.25, -0.2) is 0 Å². The van der Waals surface area contributed by atoms with Crippen molar-refractivity contribution in [2.45, 2.75) is 31.8 Å². The molecule has 0 aromatic carbocycles. The smallest absolute Gasteiger partial charge is 0.162 e. The molecule has 2 fully saturated rings. The van der Waals surface area contributed by atoms with Gasteiger partial charge in [0.05, 0.1) is 0 Å². The van der Waals surface area contributed by atoms with E-state index in [-0.39, 0.29) is 6.10 Å². The van der Waals surface area contributed by atoms with Crippen LogP contribution in [0.3, 0.4) is 0 Å². The molecular weight excluding hydrogens is 140 g/mol. The molecule has 2 heteroatoms. The maximum atomic E-state index is 11.3. The van der Waals surface area contributed by atoms with Gasteiger partial charge in [0, 0.05) is 13.5 Å². The number of Topliss-reactive ketones (excluding diaryl/α,β-unsaturated/α-hetero) is 1. The van der Waals surface area contributed by atoms with Crippen LogP contribution in [0.5, 0.6) is 0 Å². The Bertz CT molecular complexity index is 176. The molecule has 3 atom stereocenters. The van der Waals surface area contributed by atoms with Crippen LogP contribution < -0.4 is 0 Å². The van der Waals surface area contributed by atoms with Crippen LogP contribution in [0.4, 0.5) is 0 Å². The van der Waals surface area contributed by atoms with Crippen molar-refractivity contribution in [2.75, 3.05) is 7.11 Å². The summed E-state index contributed by atoms with van der Waals surface area (Å²) in [5.74, 6) is 1.56. The second-order valence-corrected chi connectivity index (χ2v) is 3.68. The first kappa shape index (κ1) is 7.29. The number of carbonyl (C=O) groups is 1. The summed E-state index contributed by atoms with van der Waals surface area (Å²) >= 11 is 0. The molecule has 2 saturated carbocycles. The lowest BCUT2D eigenvalue weighted by molar-refractivity contribution is -0.127. The van der Waals surface area contributed by atoms with Gasteiger partial charge in [-0.1, -0.05) is 6.42 Å². The molecule has 0 amide bonds. The summed E-state index contributed by atoms with van der Waals surface area (Å²) < 4.78 is 5.19. The molecule has 0 radical (unpaired) electrons. The average molecular weight is 154 g/mol. The summed E-state index contributed by atoms with van der Waals surface area (Å²) in [5.41, 5.74) is 0. The monoisotopic (exact) mass is 154 g/mol. The van der Waals surface area contributed by atoms with Gasteiger partial charge in [-0.05, 0) is 24.7 Å². The van der Waals surface area contributed by atoms with E-state index in [0.717, 1.165) is 6.42 Å². The molecule has 62 valence electrons. The van der Waals surface area contributed by atoms with E-state index in [1.165, 1.54) is 19.3 Å². The fraction of sp³-hybridized carbons (Fsp3) is 0.889. The van der Waals surface area contributed by atoms with E-state index in [9.17, 15) is 4.79 Å². The Morgan fingerprint density at radius 1 is 1.45 bits per heavy atom. The minimum atomic E-state index is -0.0532. The highest BCUT2D eigenvalue weighted by atomic mass is 16.5. The fourth-order valence-corrected chi connectivity index (χ4v) is 2.64. The molecule has 0 spiro atoms. The highest BCUT2D eigenvalue weighted by Crippen LogP contribution is 2.43. The molecule has 0 saturated heterocycles. The van der Waals surface area contributed by atoms with Crippen molar-refractivity contribution >= 4 is 5.78 Å². The minimum absolute atomic E-state index is 0.0532. The Morgan fingerprint density at radius 3 is 3.00 bits per heavy atom. The third kappa shape index (κ3) is 1.00. The van der Waals surface area contributed by atoms with Crippen LogP contribution in [0.15, 0.2) is 0 Å². The van der Waals surface area contributed by atoms with Gasteiger partial charge < -0.3 is 4.74 Å². The number of hydrogen-bond donors (Lipinski definition) is 0. The van der Waals surface area contributed by atoms with Crippen LogP contribution in [0.2, 0.25) is 0 Å². The topological polar surface area (TPSA) is 26.3 Å². The number of hydrogen-bond acceptors (Lipinski definition) is 2. The van der Waals surface area contributed by atoms with Crippen LogP contribution >= 0.6 is 0 Å². The Balaban J connectivity index is 2.13. The van der Waals surface area contributed by atoms with E-state index in [1.807, 2.05) is 0 Å². The van der Waals surface area contributed by atoms with Gasteiger partial charge >= 0.3 is 0 Å². The van der Waals surface area contributed by atoms with Crippen molar-refractivity contribution in [3.05, 3.63) is 0 Å². The maximum absolute atomic E-state index is 11.3. The van der Waals surface area contributed by atoms with Crippen molar-refractivity contribution in [3.8, 4) is 0 Å². The van der Waals surface area contributed by atoms with Gasteiger partial charge in [-0.15, -0.1) is 0 Å². The number of methoxy groups -OCH3 is 1. The molecule has 3 unspecified atom stereocenters. The normalized spacial score (nSPS) is 43.0. The van der Waals surface area contributed by atoms with E-state index < -0.39 is 0 Å². The van der Waals surface area contributed by atoms with Crippen LogP contribution in [0, 0.1) is 11.8 Å². The highest BCUT2D eigenvalue weighted by Gasteiger charge is 2.44. The molecule has 0 aromatic heterocycles. The lowest BCUT2D eigenvalue weighted by atomic mass is 9.99. The molecule has 0 N–H and O–H groups in total. The molecule has 2 nitrogen and oxygen atoms in total. The van der Waals surface area contributed by atoms with E-state index in [4.69, 9.17) is 4.74 Å². The molecular formula is C9H14O2. The average Bonchev–Trinajstić information content (AvgIpc) is 2.46. The van der Waals surface area contributed by atoms with Crippen molar-refractivity contribution in [1.29, 1.82) is 0 Å². The van der Waals surface area contributed by atoms with Gasteiger partial charge in [0.2, 0.25) is 0 Å². The predicted molar refractivity (Wildman–Crippen MR) is 41.3 cm³/mol. The molecule has 11 heavy (non-hydrogen) atoms. The summed E-state index contributed by atoms with van der Waals surface area (Å²) in [5, 5.41) is 0. The fourth-order valence-electron chi connectivity index (χ4n) is 2.64. The number of ketones is 1. The summed E-state index contributed by atoms with van der Waals surface area (Å²) in [7, 11) is 1.66. The molecule has 0 bridgehead atoms. The summed E-state index contributed by atoms with van der Waals surface area (Å²) in [6.45, 7) is 0. The van der Waals surface area contributed by atoms with Crippen molar-refractivity contribution in [3.63, 3.8) is 0 Å². The lowest BCUT2D eigenvalue weighted by Crippen LogP contribution is -2.23. The second kappa shape index (κ2) is 2.59. The SMILES string of the molecule is COC1C(=O)CC2CCCC21. The van der Waals surface area contributed by atoms with Gasteiger partial charge in [0.15, 0.2) is 5.78 Å². The van der Waals surface area contributed by atoms with Gasteiger partial charge in [0.25, 0.3) is 0 Å². The number of ether oxygens (including phenoxy) is 1. The Labute approximate surface area is 66.9 Å². The third-order valence-corrected chi connectivity index (χ3v) is 3.14. The van der Waals surface area contributed by atoms with Crippen molar-refractivity contribution < 1.29 is 9.53 Å². The van der Waals surface area contributed by atoms with Crippen LogP contribution in [-0.2, 0) is 9.53 Å². The summed E-state index contributed by atoms with van der Waals surface area (Å²) in [6, 6.07) is 0. The number of carbonyl (C=O) groups excluding carboxylic acids is 1. The number of fused-ring (bicyclic) bond motifs is 1. The van der Waals surface area contributed by atoms with Crippen LogP contribution in [0.1, 0.15) is 25.7 Å². The zero-order valence-corrected chi connectivity index (χ0v) is 6.88. The van der Waals surface area contributed by atoms with Gasteiger partial charge in [-0.3, -0.25) is 4.79 Å². The highest BCUT2D eigenvalue weighted by molar-refractivity contribution is 5.86. The van der Waals surface area contributed by atoms with E-state index in [0.29, 0.717) is 17.6 Å². The van der Waals surface area contributed by atoms with Crippen molar-refractivity contribution in [1.82, 2.24) is 0 Å². The number of rotatable bonds is 1. The van der Waals surface area contributed by atoms with Crippen LogP contribution in [-0.4, -0.2) is 19.0 Å². The Kier molecular flexibility index (Phi) is 1.72. The minimum Gasteiger partial charge on any atom is -0.373 e. The first-order chi connectivity index (χ1) is 5.33. The van der Waals surface area contributed by atoms with Gasteiger partial charge in [-0.2, -0.15) is 0 Å². The standard InChI is InChI=1S/C9H14O2/c1-11-9-7-4-2-3-6(7)5-8(9)10/h6-7,9H,2-5H2,1H3. The Morgan fingerprint density at radius 2 is 2.27 bits per heavy atom. The second-order valence-electron chi connectivity index (χ2n) is 3.68. The maximum Gasteiger partial charge on any atom is 0.162 e. The first-order valence-electron chi connectivity index (χ1n) is 4.38. The zero-order chi connectivity index (χ0) is 7.84. The predicted octanol–water partition coefficient (Wildman–Crippen LogP) is 1.39. The molecule has 0 heterocycles. The largest absolute Gasteiger partial charge is 0.373 e. The third-order valence-electron chi connectivity index (χ3n) is 3.14. The van der Waals surface area contributed by atoms with Crippen molar-refractivity contribution in [2.24, 2.45) is 11.8 Å². The Hall–Kier alpha value is -0.370. The summed E-state index contributed by atoms with van der Waals surface area (Å²) in [4.78, 5) is 11.3. The van der Waals surface area contributed by atoms with E-state index >= 15 is 0 Å². The first-order valence-corrected chi connectivity index (χ1v) is 4.38. The molecule has 2 aliphatic rings. The summed E-state index contributed by atoms with van der Waals surface area (Å²) in [6.07, 6.45) is 4.47. The van der Waals surface area contributed by atoms with E-state index in [2.05, 4.69) is 0 Å². The van der Waals surface area contributed by atoms with Gasteiger partial charge in [0.1, 0.15) is 6.10 Å². The molecule has 0 aromatic rings. The van der Waals surface area contributed by atoms with Crippen LogP contribution in [0.25, 0.3) is 0 Å². The quantitative estimate of drug-likeness (QED) is 0.570. The van der Waals surface area contributed by atoms with E-state index in [1.54, 1.807) is 7.11 Å². The zero-order valence-electron chi connectivity index (χ0n) is 6.88.